The summed E-state index contributed by atoms with van der Waals surface area (Å²) in [5.41, 5.74) is 0.652. The monoisotopic (exact) mass is 652 g/mol. The van der Waals surface area contributed by atoms with Crippen LogP contribution in [0.2, 0.25) is 0 Å². The van der Waals surface area contributed by atoms with Crippen LogP contribution in [0.4, 0.5) is 5.82 Å². The van der Waals surface area contributed by atoms with Crippen molar-refractivity contribution in [3.8, 4) is 28.7 Å². The Bertz CT molecular complexity index is 1990. The number of para-hydroxylation sites is 1. The molecule has 2 aromatic carbocycles. The zero-order valence-corrected chi connectivity index (χ0v) is 26.6. The molecular formula is C36H36N4O8. The lowest BCUT2D eigenvalue weighted by molar-refractivity contribution is -0.0140. The van der Waals surface area contributed by atoms with Gasteiger partial charge in [0.1, 0.15) is 17.3 Å². The molecular weight excluding hydrogens is 616 g/mol. The van der Waals surface area contributed by atoms with Crippen molar-refractivity contribution in [1.29, 1.82) is 0 Å². The number of pyridine rings is 3. The Hall–Kier alpha value is -5.30. The summed E-state index contributed by atoms with van der Waals surface area (Å²) in [4.78, 5) is 35.3. The van der Waals surface area contributed by atoms with E-state index in [1.807, 2.05) is 18.2 Å². The minimum atomic E-state index is -1.44. The fourth-order valence-electron chi connectivity index (χ4n) is 5.58. The minimum absolute atomic E-state index is 0.0364. The fourth-order valence-corrected chi connectivity index (χ4v) is 5.58. The Morgan fingerprint density at radius 3 is 2.54 bits per heavy atom. The average molecular weight is 653 g/mol. The number of nitrogens with one attached hydrogen (secondary N) is 1. The second kappa shape index (κ2) is 13.8. The predicted octanol–water partition coefficient (Wildman–Crippen LogP) is 4.72. The van der Waals surface area contributed by atoms with Gasteiger partial charge in [0.05, 0.1) is 43.2 Å². The van der Waals surface area contributed by atoms with Crippen molar-refractivity contribution in [3.05, 3.63) is 106 Å². The molecule has 1 unspecified atom stereocenters. The van der Waals surface area contributed by atoms with E-state index in [-0.39, 0.29) is 36.8 Å². The Kier molecular flexibility index (Phi) is 9.40. The maximum absolute atomic E-state index is 13.7. The topological polar surface area (TPSA) is 165 Å². The van der Waals surface area contributed by atoms with Crippen LogP contribution in [0.3, 0.4) is 0 Å². The number of aliphatic hydroxyl groups excluding tert-OH is 2. The normalized spacial score (nSPS) is 14.6. The molecule has 0 bridgehead atoms. The summed E-state index contributed by atoms with van der Waals surface area (Å²) in [6.07, 6.45) is 3.48. The summed E-state index contributed by atoms with van der Waals surface area (Å²) in [6.45, 7) is 1.30. The van der Waals surface area contributed by atoms with Gasteiger partial charge in [-0.2, -0.15) is 0 Å². The molecule has 48 heavy (non-hydrogen) atoms. The summed E-state index contributed by atoms with van der Waals surface area (Å²) in [6, 6.07) is 19.0. The lowest BCUT2D eigenvalue weighted by atomic mass is 9.92. The van der Waals surface area contributed by atoms with Gasteiger partial charge in [0.25, 0.3) is 5.56 Å². The number of methoxy groups -OCH3 is 1. The van der Waals surface area contributed by atoms with E-state index in [1.165, 1.54) is 30.9 Å². The molecule has 248 valence electrons. The number of Topliss-reactive ketones (excluding diaryl/α,β-unsaturated/α-hetero) is 1. The maximum atomic E-state index is 13.7. The zero-order valence-electron chi connectivity index (χ0n) is 26.6. The largest absolute Gasteiger partial charge is 0.493 e. The van der Waals surface area contributed by atoms with Crippen molar-refractivity contribution in [2.75, 3.05) is 25.6 Å². The van der Waals surface area contributed by atoms with E-state index in [0.29, 0.717) is 70.1 Å². The van der Waals surface area contributed by atoms with Gasteiger partial charge in [-0.15, -0.1) is 0 Å². The molecule has 1 aliphatic rings. The van der Waals surface area contributed by atoms with Gasteiger partial charge in [-0.25, -0.2) is 4.98 Å². The first kappa shape index (κ1) is 32.6. The summed E-state index contributed by atoms with van der Waals surface area (Å²) in [7, 11) is 1.51. The summed E-state index contributed by atoms with van der Waals surface area (Å²) < 4.78 is 19.0. The molecule has 12 nitrogen and oxygen atoms in total. The molecule has 0 spiro atoms. The predicted molar refractivity (Wildman–Crippen MR) is 178 cm³/mol. The highest BCUT2D eigenvalue weighted by atomic mass is 16.5. The van der Waals surface area contributed by atoms with Gasteiger partial charge in [0, 0.05) is 47.4 Å². The van der Waals surface area contributed by atoms with Crippen molar-refractivity contribution < 1.29 is 34.3 Å². The molecule has 0 saturated heterocycles. The third-order valence-corrected chi connectivity index (χ3v) is 8.23. The van der Waals surface area contributed by atoms with E-state index in [2.05, 4.69) is 15.3 Å². The van der Waals surface area contributed by atoms with Gasteiger partial charge in [-0.1, -0.05) is 18.2 Å². The van der Waals surface area contributed by atoms with E-state index in [1.54, 1.807) is 48.7 Å². The van der Waals surface area contributed by atoms with Crippen LogP contribution in [0.15, 0.2) is 83.9 Å². The second-order valence-corrected chi connectivity index (χ2v) is 11.8. The number of aliphatic hydroxyl groups is 3. The number of hydrogen-bond donors (Lipinski definition) is 4. The number of benzene rings is 2. The van der Waals surface area contributed by atoms with Gasteiger partial charge < -0.3 is 34.8 Å². The van der Waals surface area contributed by atoms with E-state index in [4.69, 9.17) is 14.2 Å². The van der Waals surface area contributed by atoms with Crippen LogP contribution in [-0.2, 0) is 6.42 Å². The third kappa shape index (κ3) is 6.86. The third-order valence-electron chi connectivity index (χ3n) is 8.23. The molecule has 4 N–H and O–H groups in total. The van der Waals surface area contributed by atoms with Crippen LogP contribution in [0.25, 0.3) is 16.6 Å². The summed E-state index contributed by atoms with van der Waals surface area (Å²) >= 11 is 0. The lowest BCUT2D eigenvalue weighted by Crippen LogP contribution is -2.32. The zero-order chi connectivity index (χ0) is 33.8. The fraction of sp³-hybridized carbons (Fsp3) is 0.278. The smallest absolute Gasteiger partial charge is 0.263 e. The Morgan fingerprint density at radius 1 is 1.00 bits per heavy atom. The Morgan fingerprint density at radius 2 is 1.81 bits per heavy atom. The molecule has 6 rings (SSSR count). The van der Waals surface area contributed by atoms with Crippen LogP contribution < -0.4 is 25.1 Å². The molecule has 0 radical (unpaired) electrons. The van der Waals surface area contributed by atoms with Crippen LogP contribution >= 0.6 is 0 Å². The van der Waals surface area contributed by atoms with Gasteiger partial charge in [-0.05, 0) is 62.2 Å². The minimum Gasteiger partial charge on any atom is -0.493 e. The summed E-state index contributed by atoms with van der Waals surface area (Å²) in [5, 5.41) is 34.0. The standard InChI is InChI=1S/C36H36N4O8/c1-36(45,21-41)14-16-47-32-19-27-24(18-31(32)46-2)30(13-15-37-27)48-23-11-12-33(38-20-23)39-34(43)26-17-25-28(9-6-10-29(25)42)40(35(26)44)22-7-4-3-5-8-22/h3-5,7-8,11-13,15,17-20,34,41,43,45H,6,9-10,14,16,21H2,1-2H3,(H,38,39)/t34?,36-/m0/s1. The quantitative estimate of drug-likeness (QED) is 0.138. The SMILES string of the molecule is COc1cc2c(Oc3ccc(NC(O)c4cc5c(n(-c6ccccc6)c4=O)CCCC5=O)nc3)ccnc2cc1OCC[C@](C)(O)CO. The highest BCUT2D eigenvalue weighted by Crippen LogP contribution is 2.37. The van der Waals surface area contributed by atoms with Crippen molar-refractivity contribution >= 4 is 22.5 Å². The van der Waals surface area contributed by atoms with Crippen molar-refractivity contribution in [2.45, 2.75) is 44.4 Å². The number of fused-ring (bicyclic) bond motifs is 2. The van der Waals surface area contributed by atoms with Crippen LogP contribution in [0.1, 0.15) is 54.0 Å². The number of hydrogen-bond acceptors (Lipinski definition) is 11. The number of anilines is 1. The van der Waals surface area contributed by atoms with Crippen molar-refractivity contribution in [2.24, 2.45) is 0 Å². The molecule has 0 aliphatic heterocycles. The van der Waals surface area contributed by atoms with E-state index >= 15 is 0 Å². The highest BCUT2D eigenvalue weighted by molar-refractivity contribution is 5.98. The number of carbonyl (C=O) groups excluding carboxylic acids is 1. The van der Waals surface area contributed by atoms with Gasteiger partial charge in [-0.3, -0.25) is 19.1 Å². The second-order valence-electron chi connectivity index (χ2n) is 11.8. The Labute approximate surface area is 276 Å². The van der Waals surface area contributed by atoms with E-state index < -0.39 is 17.4 Å². The van der Waals surface area contributed by atoms with E-state index in [9.17, 15) is 24.9 Å². The molecule has 0 amide bonds. The molecule has 2 atom stereocenters. The molecule has 3 heterocycles. The Balaban J connectivity index is 1.21. The first-order valence-corrected chi connectivity index (χ1v) is 15.6. The molecule has 12 heteroatoms. The first-order valence-electron chi connectivity index (χ1n) is 15.6. The number of ether oxygens (including phenoxy) is 3. The van der Waals surface area contributed by atoms with Gasteiger partial charge in [0.2, 0.25) is 0 Å². The molecule has 5 aromatic rings. The molecule has 1 aliphatic carbocycles. The molecule has 3 aromatic heterocycles. The number of rotatable bonds is 12. The number of aromatic nitrogens is 3. The molecule has 0 saturated carbocycles. The van der Waals surface area contributed by atoms with Crippen molar-refractivity contribution in [1.82, 2.24) is 14.5 Å². The van der Waals surface area contributed by atoms with Gasteiger partial charge in [0.15, 0.2) is 23.5 Å². The lowest BCUT2D eigenvalue weighted by Gasteiger charge is -2.23. The van der Waals surface area contributed by atoms with Crippen LogP contribution in [0, 0.1) is 0 Å². The molecule has 0 fully saturated rings. The summed E-state index contributed by atoms with van der Waals surface area (Å²) in [5.74, 6) is 1.97. The van der Waals surface area contributed by atoms with Gasteiger partial charge >= 0.3 is 0 Å². The highest BCUT2D eigenvalue weighted by Gasteiger charge is 2.26. The van der Waals surface area contributed by atoms with Crippen LogP contribution in [-0.4, -0.2) is 61.6 Å². The van der Waals surface area contributed by atoms with Crippen LogP contribution in [0.5, 0.6) is 23.0 Å². The maximum Gasteiger partial charge on any atom is 0.263 e. The average Bonchev–Trinajstić information content (AvgIpc) is 3.09. The number of ketones is 1. The number of carbonyl (C=O) groups is 1. The van der Waals surface area contributed by atoms with E-state index in [0.717, 1.165) is 0 Å². The first-order chi connectivity index (χ1) is 23.2. The van der Waals surface area contributed by atoms with Crippen molar-refractivity contribution in [3.63, 3.8) is 0 Å². The number of nitrogens with zero attached hydrogens (tertiary/aromatic N) is 3.